The number of likely N-dealkylation sites (tertiary alicyclic amines) is 2. The Hall–Kier alpha value is -1.67. The Kier molecular flexibility index (Phi) is 4.64. The highest BCUT2D eigenvalue weighted by molar-refractivity contribution is 7.17. The standard InChI is InChI=1S/C18H26N4O3S/c19-17-20-11-14(26-17)15(24)22-10-2-8-18(22)7-1-9-21(16(18)25)12-3-5-13(23)6-4-12/h11-13,23H,1-10H2,(H2,19,20). The Labute approximate surface area is 157 Å². The van der Waals surface area contributed by atoms with Gasteiger partial charge in [0.15, 0.2) is 5.13 Å². The molecule has 2 saturated heterocycles. The van der Waals surface area contributed by atoms with Gasteiger partial charge in [-0.1, -0.05) is 11.3 Å². The van der Waals surface area contributed by atoms with Crippen LogP contribution in [0.25, 0.3) is 0 Å². The molecule has 142 valence electrons. The number of aromatic nitrogens is 1. The molecular formula is C18H26N4O3S. The lowest BCUT2D eigenvalue weighted by Crippen LogP contribution is -2.63. The quantitative estimate of drug-likeness (QED) is 0.815. The number of anilines is 1. The molecule has 0 bridgehead atoms. The average molecular weight is 378 g/mol. The van der Waals surface area contributed by atoms with E-state index in [4.69, 9.17) is 5.73 Å². The van der Waals surface area contributed by atoms with Gasteiger partial charge in [0.25, 0.3) is 5.91 Å². The van der Waals surface area contributed by atoms with Crippen LogP contribution in [0.4, 0.5) is 5.13 Å². The second kappa shape index (κ2) is 6.81. The summed E-state index contributed by atoms with van der Waals surface area (Å²) < 4.78 is 0. The maximum absolute atomic E-state index is 13.5. The summed E-state index contributed by atoms with van der Waals surface area (Å²) in [5.41, 5.74) is 4.98. The van der Waals surface area contributed by atoms with E-state index in [-0.39, 0.29) is 24.0 Å². The fourth-order valence-electron chi connectivity index (χ4n) is 4.91. The van der Waals surface area contributed by atoms with Gasteiger partial charge in [-0.25, -0.2) is 4.98 Å². The number of nitrogen functional groups attached to an aromatic ring is 1. The second-order valence-electron chi connectivity index (χ2n) is 7.72. The molecule has 1 atom stereocenters. The van der Waals surface area contributed by atoms with Gasteiger partial charge in [-0.15, -0.1) is 0 Å². The van der Waals surface area contributed by atoms with Crippen LogP contribution in [0.3, 0.4) is 0 Å². The van der Waals surface area contributed by atoms with Crippen LogP contribution in [0, 0.1) is 0 Å². The van der Waals surface area contributed by atoms with Crippen molar-refractivity contribution in [3.8, 4) is 0 Å². The van der Waals surface area contributed by atoms with Crippen molar-refractivity contribution in [2.24, 2.45) is 0 Å². The van der Waals surface area contributed by atoms with E-state index in [9.17, 15) is 14.7 Å². The lowest BCUT2D eigenvalue weighted by molar-refractivity contribution is -0.149. The predicted molar refractivity (Wildman–Crippen MR) is 98.7 cm³/mol. The fourth-order valence-corrected chi connectivity index (χ4v) is 5.55. The maximum Gasteiger partial charge on any atom is 0.266 e. The summed E-state index contributed by atoms with van der Waals surface area (Å²) in [6.45, 7) is 1.37. The number of rotatable bonds is 2. The Morgan fingerprint density at radius 2 is 1.92 bits per heavy atom. The number of carbonyl (C=O) groups is 2. The molecule has 2 amide bonds. The highest BCUT2D eigenvalue weighted by atomic mass is 32.1. The number of hydrogen-bond acceptors (Lipinski definition) is 6. The van der Waals surface area contributed by atoms with Gasteiger partial charge >= 0.3 is 0 Å². The van der Waals surface area contributed by atoms with Crippen LogP contribution in [0.2, 0.25) is 0 Å². The number of carbonyl (C=O) groups excluding carboxylic acids is 2. The number of thiazole rings is 1. The minimum Gasteiger partial charge on any atom is -0.393 e. The molecular weight excluding hydrogens is 352 g/mol. The molecule has 1 aromatic rings. The third kappa shape index (κ3) is 2.89. The predicted octanol–water partition coefficient (Wildman–Crippen LogP) is 1.63. The van der Waals surface area contributed by atoms with Crippen molar-refractivity contribution >= 4 is 28.3 Å². The van der Waals surface area contributed by atoms with Gasteiger partial charge in [0.05, 0.1) is 12.3 Å². The first-order valence-corrected chi connectivity index (χ1v) is 10.4. The number of amides is 2. The number of nitrogens with two attached hydrogens (primary N) is 1. The van der Waals surface area contributed by atoms with Crippen LogP contribution in [0.5, 0.6) is 0 Å². The summed E-state index contributed by atoms with van der Waals surface area (Å²) in [7, 11) is 0. The first-order valence-electron chi connectivity index (χ1n) is 9.54. The van der Waals surface area contributed by atoms with Crippen molar-refractivity contribution in [3.05, 3.63) is 11.1 Å². The number of piperidine rings is 1. The summed E-state index contributed by atoms with van der Waals surface area (Å²) in [6.07, 6.45) is 7.72. The van der Waals surface area contributed by atoms with Crippen LogP contribution in [-0.2, 0) is 4.79 Å². The van der Waals surface area contributed by atoms with Gasteiger partial charge in [-0.2, -0.15) is 0 Å². The summed E-state index contributed by atoms with van der Waals surface area (Å²) in [6, 6.07) is 0.194. The van der Waals surface area contributed by atoms with E-state index in [1.54, 1.807) is 4.90 Å². The molecule has 3 heterocycles. The molecule has 8 heteroatoms. The Morgan fingerprint density at radius 1 is 1.23 bits per heavy atom. The normalized spacial score (nSPS) is 32.4. The zero-order valence-corrected chi connectivity index (χ0v) is 15.7. The van der Waals surface area contributed by atoms with Gasteiger partial charge in [-0.05, 0) is 51.4 Å². The minimum absolute atomic E-state index is 0.105. The van der Waals surface area contributed by atoms with Crippen LogP contribution in [-0.4, -0.2) is 62.5 Å². The zero-order valence-electron chi connectivity index (χ0n) is 14.9. The van der Waals surface area contributed by atoms with Crippen LogP contribution in [0.15, 0.2) is 6.20 Å². The summed E-state index contributed by atoms with van der Waals surface area (Å²) in [4.78, 5) is 34.8. The van der Waals surface area contributed by atoms with Crippen LogP contribution in [0.1, 0.15) is 61.0 Å². The summed E-state index contributed by atoms with van der Waals surface area (Å²) in [5.74, 6) is -0.0144. The van der Waals surface area contributed by atoms with Crippen molar-refractivity contribution in [3.63, 3.8) is 0 Å². The zero-order chi connectivity index (χ0) is 18.3. The lowest BCUT2D eigenvalue weighted by atomic mass is 9.82. The molecule has 0 aromatic carbocycles. The topological polar surface area (TPSA) is 99.8 Å². The molecule has 3 N–H and O–H groups in total. The lowest BCUT2D eigenvalue weighted by Gasteiger charge is -2.48. The first kappa shape index (κ1) is 17.7. The van der Waals surface area contributed by atoms with Gasteiger partial charge in [0.2, 0.25) is 5.91 Å². The Balaban J connectivity index is 1.57. The highest BCUT2D eigenvalue weighted by Gasteiger charge is 2.54. The largest absolute Gasteiger partial charge is 0.393 e. The van der Waals surface area contributed by atoms with Gasteiger partial charge in [0, 0.05) is 19.1 Å². The molecule has 1 aliphatic carbocycles. The van der Waals surface area contributed by atoms with Crippen molar-refractivity contribution < 1.29 is 14.7 Å². The first-order chi connectivity index (χ1) is 12.5. The van der Waals surface area contributed by atoms with E-state index in [0.717, 1.165) is 57.9 Å². The molecule has 1 saturated carbocycles. The molecule has 1 spiro atoms. The average Bonchev–Trinajstić information content (AvgIpc) is 3.25. The number of nitrogens with zero attached hydrogens (tertiary/aromatic N) is 3. The van der Waals surface area contributed by atoms with Crippen molar-refractivity contribution in [1.29, 1.82) is 0 Å². The van der Waals surface area contributed by atoms with Crippen LogP contribution < -0.4 is 5.73 Å². The van der Waals surface area contributed by atoms with E-state index >= 15 is 0 Å². The van der Waals surface area contributed by atoms with Crippen LogP contribution >= 0.6 is 11.3 Å². The highest BCUT2D eigenvalue weighted by Crippen LogP contribution is 2.41. The third-order valence-corrected chi connectivity index (χ3v) is 7.04. The molecule has 2 aliphatic heterocycles. The molecule has 0 radical (unpaired) electrons. The Bertz CT molecular complexity index is 700. The molecule has 3 fully saturated rings. The fraction of sp³-hybridized carbons (Fsp3) is 0.722. The monoisotopic (exact) mass is 378 g/mol. The van der Waals surface area contributed by atoms with Crippen molar-refractivity contribution in [1.82, 2.24) is 14.8 Å². The third-order valence-electron chi connectivity index (χ3n) is 6.22. The summed E-state index contributed by atoms with van der Waals surface area (Å²) >= 11 is 1.18. The number of hydrogen-bond donors (Lipinski definition) is 2. The van der Waals surface area contributed by atoms with E-state index in [1.807, 2.05) is 4.90 Å². The maximum atomic E-state index is 13.5. The smallest absolute Gasteiger partial charge is 0.266 e. The number of aliphatic hydroxyl groups excluding tert-OH is 1. The molecule has 4 rings (SSSR count). The molecule has 26 heavy (non-hydrogen) atoms. The van der Waals surface area contributed by atoms with Crippen molar-refractivity contribution in [2.75, 3.05) is 18.8 Å². The van der Waals surface area contributed by atoms with E-state index in [1.165, 1.54) is 17.5 Å². The number of aliphatic hydroxyl groups is 1. The summed E-state index contributed by atoms with van der Waals surface area (Å²) in [5, 5.41) is 10.1. The van der Waals surface area contributed by atoms with Gasteiger partial charge in [-0.3, -0.25) is 9.59 Å². The Morgan fingerprint density at radius 3 is 2.58 bits per heavy atom. The molecule has 3 aliphatic rings. The second-order valence-corrected chi connectivity index (χ2v) is 8.78. The van der Waals surface area contributed by atoms with Crippen molar-refractivity contribution in [2.45, 2.75) is 69.1 Å². The minimum atomic E-state index is -0.704. The van der Waals surface area contributed by atoms with E-state index in [0.29, 0.717) is 16.6 Å². The SMILES string of the molecule is Nc1ncc(C(=O)N2CCCC23CCCN(C2CCC(O)CC2)C3=O)s1. The molecule has 1 unspecified atom stereocenters. The molecule has 7 nitrogen and oxygen atoms in total. The molecule has 1 aromatic heterocycles. The van der Waals surface area contributed by atoms with Gasteiger partial charge < -0.3 is 20.6 Å². The van der Waals surface area contributed by atoms with E-state index in [2.05, 4.69) is 4.98 Å². The van der Waals surface area contributed by atoms with E-state index < -0.39 is 5.54 Å². The van der Waals surface area contributed by atoms with Gasteiger partial charge in [0.1, 0.15) is 10.4 Å².